The van der Waals surface area contributed by atoms with E-state index in [4.69, 9.17) is 13.9 Å². The summed E-state index contributed by atoms with van der Waals surface area (Å²) in [7, 11) is 0. The molecule has 7 nitrogen and oxygen atoms in total. The number of nitrogens with one attached hydrogen (secondary N) is 1. The van der Waals surface area contributed by atoms with E-state index in [-0.39, 0.29) is 22.9 Å². The number of rotatable bonds is 8. The molecule has 0 bridgehead atoms. The SMILES string of the molecule is CCOc1ccc(/C=C/C(=O)Oc2ccc3cc(C(=O)NC(C)c4ccccc4)c(=O)oc3c2)cc1. The first-order chi connectivity index (χ1) is 17.4. The lowest BCUT2D eigenvalue weighted by atomic mass is 10.1. The van der Waals surface area contributed by atoms with Crippen molar-refractivity contribution >= 4 is 28.9 Å². The highest BCUT2D eigenvalue weighted by Crippen LogP contribution is 2.22. The summed E-state index contributed by atoms with van der Waals surface area (Å²) in [6.45, 7) is 4.32. The number of amides is 1. The highest BCUT2D eigenvalue weighted by molar-refractivity contribution is 5.97. The number of carbonyl (C=O) groups is 2. The van der Waals surface area contributed by atoms with Crippen LogP contribution in [0.25, 0.3) is 17.0 Å². The molecule has 1 unspecified atom stereocenters. The largest absolute Gasteiger partial charge is 0.494 e. The van der Waals surface area contributed by atoms with E-state index in [1.165, 1.54) is 18.2 Å². The van der Waals surface area contributed by atoms with Crippen LogP contribution < -0.4 is 20.4 Å². The summed E-state index contributed by atoms with van der Waals surface area (Å²) in [4.78, 5) is 37.4. The highest BCUT2D eigenvalue weighted by atomic mass is 16.5. The third kappa shape index (κ3) is 6.07. The van der Waals surface area contributed by atoms with Crippen LogP contribution in [0.15, 0.2) is 94.2 Å². The van der Waals surface area contributed by atoms with Crippen molar-refractivity contribution in [1.29, 1.82) is 0 Å². The summed E-state index contributed by atoms with van der Waals surface area (Å²) in [5.41, 5.74) is 1.05. The van der Waals surface area contributed by atoms with E-state index in [9.17, 15) is 14.4 Å². The summed E-state index contributed by atoms with van der Waals surface area (Å²) < 4.78 is 16.1. The van der Waals surface area contributed by atoms with Crippen molar-refractivity contribution in [2.75, 3.05) is 6.61 Å². The fraction of sp³-hybridized carbons (Fsp3) is 0.138. The molecule has 1 N–H and O–H groups in total. The molecule has 0 spiro atoms. The van der Waals surface area contributed by atoms with Gasteiger partial charge >= 0.3 is 11.6 Å². The minimum atomic E-state index is -0.779. The molecule has 7 heteroatoms. The van der Waals surface area contributed by atoms with E-state index in [0.29, 0.717) is 12.0 Å². The molecular weight excluding hydrogens is 458 g/mol. The molecule has 0 aliphatic carbocycles. The third-order valence-electron chi connectivity index (χ3n) is 5.42. The summed E-state index contributed by atoms with van der Waals surface area (Å²) in [6, 6.07) is 22.5. The lowest BCUT2D eigenvalue weighted by molar-refractivity contribution is -0.128. The van der Waals surface area contributed by atoms with Crippen LogP contribution >= 0.6 is 0 Å². The lowest BCUT2D eigenvalue weighted by Gasteiger charge is -2.14. The van der Waals surface area contributed by atoms with Gasteiger partial charge in [-0.1, -0.05) is 42.5 Å². The van der Waals surface area contributed by atoms with Gasteiger partial charge in [0.25, 0.3) is 5.91 Å². The molecule has 1 heterocycles. The Labute approximate surface area is 208 Å². The molecule has 1 amide bonds. The predicted octanol–water partition coefficient (Wildman–Crippen LogP) is 5.30. The fourth-order valence-electron chi connectivity index (χ4n) is 3.57. The van der Waals surface area contributed by atoms with E-state index in [1.807, 2.05) is 68.4 Å². The molecule has 0 saturated carbocycles. The summed E-state index contributed by atoms with van der Waals surface area (Å²) >= 11 is 0. The average molecular weight is 484 g/mol. The first-order valence-corrected chi connectivity index (χ1v) is 11.5. The molecule has 0 radical (unpaired) electrons. The molecule has 0 saturated heterocycles. The summed E-state index contributed by atoms with van der Waals surface area (Å²) in [6.07, 6.45) is 2.93. The maximum atomic E-state index is 12.7. The molecule has 1 aromatic heterocycles. The van der Waals surface area contributed by atoms with Gasteiger partial charge < -0.3 is 19.2 Å². The van der Waals surface area contributed by atoms with Gasteiger partial charge in [-0.15, -0.1) is 0 Å². The van der Waals surface area contributed by atoms with Crippen molar-refractivity contribution < 1.29 is 23.5 Å². The Morgan fingerprint density at radius 1 is 0.972 bits per heavy atom. The Balaban J connectivity index is 1.44. The van der Waals surface area contributed by atoms with Gasteiger partial charge in [0.15, 0.2) is 0 Å². The van der Waals surface area contributed by atoms with E-state index in [0.717, 1.165) is 16.9 Å². The van der Waals surface area contributed by atoms with E-state index in [1.54, 1.807) is 18.2 Å². The third-order valence-corrected chi connectivity index (χ3v) is 5.42. The monoisotopic (exact) mass is 483 g/mol. The van der Waals surface area contributed by atoms with Gasteiger partial charge in [-0.2, -0.15) is 0 Å². The van der Waals surface area contributed by atoms with Gasteiger partial charge in [0.2, 0.25) is 0 Å². The Bertz CT molecular complexity index is 1460. The number of esters is 1. The first kappa shape index (κ1) is 24.5. The van der Waals surface area contributed by atoms with Crippen LogP contribution in [0.2, 0.25) is 0 Å². The highest BCUT2D eigenvalue weighted by Gasteiger charge is 2.17. The average Bonchev–Trinajstić information content (AvgIpc) is 2.88. The smallest absolute Gasteiger partial charge is 0.349 e. The standard InChI is InChI=1S/C29H25NO6/c1-3-34-23-13-9-20(10-14-23)11-16-27(31)35-24-15-12-22-17-25(29(33)36-26(22)18-24)28(32)30-19(2)21-7-5-4-6-8-21/h4-19H,3H2,1-2H3,(H,30,32)/b16-11+. The van der Waals surface area contributed by atoms with E-state index in [2.05, 4.69) is 5.32 Å². The number of carbonyl (C=O) groups excluding carboxylic acids is 2. The molecule has 3 aromatic carbocycles. The van der Waals surface area contributed by atoms with Crippen LogP contribution in [0.1, 0.15) is 41.4 Å². The Morgan fingerprint density at radius 2 is 1.69 bits per heavy atom. The predicted molar refractivity (Wildman–Crippen MR) is 137 cm³/mol. The number of benzene rings is 3. The van der Waals surface area contributed by atoms with E-state index >= 15 is 0 Å². The maximum Gasteiger partial charge on any atom is 0.349 e. The van der Waals surface area contributed by atoms with Gasteiger partial charge in [-0.3, -0.25) is 4.79 Å². The first-order valence-electron chi connectivity index (χ1n) is 11.5. The second-order valence-corrected chi connectivity index (χ2v) is 8.01. The second kappa shape index (κ2) is 11.2. The topological polar surface area (TPSA) is 94.8 Å². The Kier molecular flexibility index (Phi) is 7.60. The van der Waals surface area contributed by atoms with Crippen molar-refractivity contribution in [3.05, 3.63) is 112 Å². The van der Waals surface area contributed by atoms with Gasteiger partial charge in [0.1, 0.15) is 22.6 Å². The van der Waals surface area contributed by atoms with Gasteiger partial charge in [0.05, 0.1) is 12.6 Å². The van der Waals surface area contributed by atoms with Crippen LogP contribution in [0.5, 0.6) is 11.5 Å². The molecule has 0 aliphatic rings. The van der Waals surface area contributed by atoms with Crippen molar-refractivity contribution in [3.63, 3.8) is 0 Å². The minimum absolute atomic E-state index is 0.103. The van der Waals surface area contributed by atoms with Crippen molar-refractivity contribution in [2.45, 2.75) is 19.9 Å². The van der Waals surface area contributed by atoms with Crippen LogP contribution in [0.4, 0.5) is 0 Å². The van der Waals surface area contributed by atoms with Crippen molar-refractivity contribution in [1.82, 2.24) is 5.32 Å². The normalized spacial score (nSPS) is 11.8. The van der Waals surface area contributed by atoms with Crippen LogP contribution in [0, 0.1) is 0 Å². The Hall–Kier alpha value is -4.65. The second-order valence-electron chi connectivity index (χ2n) is 8.01. The van der Waals surface area contributed by atoms with Gasteiger partial charge in [-0.25, -0.2) is 9.59 Å². The fourth-order valence-corrected chi connectivity index (χ4v) is 3.57. The molecule has 1 atom stereocenters. The van der Waals surface area contributed by atoms with Gasteiger partial charge in [-0.05, 0) is 61.4 Å². The number of fused-ring (bicyclic) bond motifs is 1. The van der Waals surface area contributed by atoms with Gasteiger partial charge in [0, 0.05) is 17.5 Å². The molecule has 182 valence electrons. The summed E-state index contributed by atoms with van der Waals surface area (Å²) in [5, 5.41) is 3.33. The van der Waals surface area contributed by atoms with E-state index < -0.39 is 17.5 Å². The Morgan fingerprint density at radius 3 is 2.42 bits per heavy atom. The number of ether oxygens (including phenoxy) is 2. The van der Waals surface area contributed by atoms with Crippen LogP contribution in [-0.4, -0.2) is 18.5 Å². The quantitative estimate of drug-likeness (QED) is 0.158. The number of hydrogen-bond acceptors (Lipinski definition) is 6. The van der Waals surface area contributed by atoms with Crippen LogP contribution in [-0.2, 0) is 4.79 Å². The number of hydrogen-bond donors (Lipinski definition) is 1. The molecular formula is C29H25NO6. The molecule has 4 rings (SSSR count). The zero-order chi connectivity index (χ0) is 25.5. The summed E-state index contributed by atoms with van der Waals surface area (Å²) in [5.74, 6) is -0.156. The lowest BCUT2D eigenvalue weighted by Crippen LogP contribution is -2.30. The molecule has 0 fully saturated rings. The zero-order valence-electron chi connectivity index (χ0n) is 19.9. The molecule has 0 aliphatic heterocycles. The zero-order valence-corrected chi connectivity index (χ0v) is 19.9. The maximum absolute atomic E-state index is 12.7. The molecule has 4 aromatic rings. The van der Waals surface area contributed by atoms with Crippen molar-refractivity contribution in [2.24, 2.45) is 0 Å². The minimum Gasteiger partial charge on any atom is -0.494 e. The molecule has 36 heavy (non-hydrogen) atoms. The van der Waals surface area contributed by atoms with Crippen LogP contribution in [0.3, 0.4) is 0 Å². The van der Waals surface area contributed by atoms with Crippen molar-refractivity contribution in [3.8, 4) is 11.5 Å².